The van der Waals surface area contributed by atoms with Crippen LogP contribution >= 0.6 is 0 Å². The Morgan fingerprint density at radius 2 is 1.39 bits per heavy atom. The lowest BCUT2D eigenvalue weighted by atomic mass is 10.1. The van der Waals surface area contributed by atoms with E-state index in [1.807, 2.05) is 11.9 Å². The van der Waals surface area contributed by atoms with E-state index < -0.39 is 0 Å². The molecule has 10 heteroatoms. The molecule has 4 fully saturated rings. The van der Waals surface area contributed by atoms with E-state index in [0.29, 0.717) is 26.3 Å². The number of fused-ring (bicyclic) bond motifs is 1. The summed E-state index contributed by atoms with van der Waals surface area (Å²) in [4.78, 5) is 53.6. The topological polar surface area (TPSA) is 93.7 Å². The van der Waals surface area contributed by atoms with Crippen molar-refractivity contribution in [3.05, 3.63) is 0 Å². The molecule has 0 N–H and O–H groups in total. The first-order valence-corrected chi connectivity index (χ1v) is 11.0. The van der Waals surface area contributed by atoms with Gasteiger partial charge in [0.1, 0.15) is 6.04 Å². The second kappa shape index (κ2) is 12.0. The van der Waals surface area contributed by atoms with Gasteiger partial charge in [0.15, 0.2) is 0 Å². The van der Waals surface area contributed by atoms with Crippen LogP contribution in [0.15, 0.2) is 0 Å². The fourth-order valence-corrected chi connectivity index (χ4v) is 3.97. The lowest BCUT2D eigenvalue weighted by molar-refractivity contribution is -0.157. The number of morpholine rings is 1. The standard InChI is InChI=1S/C9H15N3O2.C6H11NO2.C6H11NO/c1-10-3-4-12-7(5-10)9(14)11(2)6-8(12)13;1-6(8)7-2-4-9-5-3-7;1-6(8)7-4-2-3-5-7/h7H,3-6H2,1-2H3;2-5H2,1H3;2-5H2,1H3. The molecule has 0 aromatic heterocycles. The van der Waals surface area contributed by atoms with Gasteiger partial charge in [0, 0.05) is 66.7 Å². The molecule has 4 rings (SSSR count). The van der Waals surface area contributed by atoms with Gasteiger partial charge >= 0.3 is 0 Å². The van der Waals surface area contributed by atoms with E-state index in [1.54, 1.807) is 30.7 Å². The molecule has 0 aromatic rings. The van der Waals surface area contributed by atoms with Crippen LogP contribution in [0, 0.1) is 0 Å². The van der Waals surface area contributed by atoms with Crippen molar-refractivity contribution in [1.29, 1.82) is 0 Å². The first-order chi connectivity index (χ1) is 14.7. The van der Waals surface area contributed by atoms with E-state index in [1.165, 1.54) is 17.7 Å². The second-order valence-electron chi connectivity index (χ2n) is 8.39. The van der Waals surface area contributed by atoms with Crippen LogP contribution < -0.4 is 0 Å². The highest BCUT2D eigenvalue weighted by atomic mass is 16.5. The zero-order chi connectivity index (χ0) is 23.0. The molecule has 0 aliphatic carbocycles. The minimum atomic E-state index is -0.250. The van der Waals surface area contributed by atoms with E-state index in [2.05, 4.69) is 4.90 Å². The normalized spacial score (nSPS) is 24.1. The van der Waals surface area contributed by atoms with Crippen molar-refractivity contribution in [2.75, 3.05) is 79.7 Å². The number of hydrogen-bond acceptors (Lipinski definition) is 6. The molecule has 31 heavy (non-hydrogen) atoms. The third kappa shape index (κ3) is 7.46. The summed E-state index contributed by atoms with van der Waals surface area (Å²) in [5.74, 6) is 0.516. The Balaban J connectivity index is 0.000000175. The van der Waals surface area contributed by atoms with E-state index in [0.717, 1.165) is 32.7 Å². The summed E-state index contributed by atoms with van der Waals surface area (Å²) in [7, 11) is 3.66. The fourth-order valence-electron chi connectivity index (χ4n) is 3.97. The summed E-state index contributed by atoms with van der Waals surface area (Å²) in [6.07, 6.45) is 2.39. The number of likely N-dealkylation sites (tertiary alicyclic amines) is 1. The molecular weight excluding hydrogens is 402 g/mol. The molecule has 1 unspecified atom stereocenters. The average Bonchev–Trinajstić information content (AvgIpc) is 3.29. The van der Waals surface area contributed by atoms with Crippen molar-refractivity contribution in [3.63, 3.8) is 0 Å². The first-order valence-electron chi connectivity index (χ1n) is 11.0. The average molecular weight is 440 g/mol. The van der Waals surface area contributed by atoms with Crippen LogP contribution in [0.5, 0.6) is 0 Å². The van der Waals surface area contributed by atoms with Gasteiger partial charge in [-0.25, -0.2) is 0 Å². The van der Waals surface area contributed by atoms with Gasteiger partial charge in [-0.3, -0.25) is 19.2 Å². The Labute approximate surface area is 185 Å². The summed E-state index contributed by atoms with van der Waals surface area (Å²) in [6, 6.07) is -0.250. The number of hydrogen-bond donors (Lipinski definition) is 0. The smallest absolute Gasteiger partial charge is 0.246 e. The number of ether oxygens (including phenoxy) is 1. The van der Waals surface area contributed by atoms with Gasteiger partial charge < -0.3 is 29.2 Å². The van der Waals surface area contributed by atoms with Crippen molar-refractivity contribution in [2.45, 2.75) is 32.7 Å². The third-order valence-corrected chi connectivity index (χ3v) is 5.95. The van der Waals surface area contributed by atoms with E-state index in [9.17, 15) is 19.2 Å². The molecular formula is C21H37N5O5. The molecule has 4 aliphatic rings. The van der Waals surface area contributed by atoms with Crippen LogP contribution in [0.2, 0.25) is 0 Å². The predicted octanol–water partition coefficient (Wildman–Crippen LogP) is -0.905. The summed E-state index contributed by atoms with van der Waals surface area (Å²) in [5, 5.41) is 0. The highest BCUT2D eigenvalue weighted by Crippen LogP contribution is 2.15. The van der Waals surface area contributed by atoms with E-state index in [-0.39, 0.29) is 36.2 Å². The van der Waals surface area contributed by atoms with Crippen LogP contribution in [0.1, 0.15) is 26.7 Å². The molecule has 0 saturated carbocycles. The number of carbonyl (C=O) groups is 4. The Kier molecular flexibility index (Phi) is 9.70. The van der Waals surface area contributed by atoms with Gasteiger partial charge in [0.25, 0.3) is 0 Å². The number of nitrogens with zero attached hydrogens (tertiary/aromatic N) is 5. The summed E-state index contributed by atoms with van der Waals surface area (Å²) < 4.78 is 5.06. The molecule has 1 atom stereocenters. The maximum atomic E-state index is 11.8. The van der Waals surface area contributed by atoms with Crippen LogP contribution in [0.3, 0.4) is 0 Å². The summed E-state index contributed by atoms with van der Waals surface area (Å²) in [6.45, 7) is 10.5. The summed E-state index contributed by atoms with van der Waals surface area (Å²) in [5.41, 5.74) is 0. The number of amides is 4. The Bertz CT molecular complexity index is 646. The second-order valence-corrected chi connectivity index (χ2v) is 8.39. The molecule has 4 saturated heterocycles. The Morgan fingerprint density at radius 1 is 0.839 bits per heavy atom. The van der Waals surface area contributed by atoms with Crippen molar-refractivity contribution < 1.29 is 23.9 Å². The van der Waals surface area contributed by atoms with Gasteiger partial charge in [-0.05, 0) is 19.9 Å². The predicted molar refractivity (Wildman–Crippen MR) is 115 cm³/mol. The molecule has 10 nitrogen and oxygen atoms in total. The SMILES string of the molecule is CC(=O)N1CCCC1.CC(=O)N1CCOCC1.CN1CCN2C(=O)CN(C)C(=O)C2C1. The van der Waals surface area contributed by atoms with Crippen LogP contribution in [0.25, 0.3) is 0 Å². The van der Waals surface area contributed by atoms with Gasteiger partial charge in [-0.1, -0.05) is 0 Å². The largest absolute Gasteiger partial charge is 0.378 e. The maximum Gasteiger partial charge on any atom is 0.246 e. The first kappa shape index (κ1) is 25.1. The van der Waals surface area contributed by atoms with Crippen molar-refractivity contribution >= 4 is 23.6 Å². The molecule has 0 aromatic carbocycles. The van der Waals surface area contributed by atoms with Crippen LogP contribution in [0.4, 0.5) is 0 Å². The fraction of sp³-hybridized carbons (Fsp3) is 0.810. The van der Waals surface area contributed by atoms with Gasteiger partial charge in [0.05, 0.1) is 19.8 Å². The third-order valence-electron chi connectivity index (χ3n) is 5.95. The van der Waals surface area contributed by atoms with Crippen LogP contribution in [-0.2, 0) is 23.9 Å². The molecule has 176 valence electrons. The Morgan fingerprint density at radius 3 is 1.87 bits per heavy atom. The quantitative estimate of drug-likeness (QED) is 0.485. The molecule has 0 radical (unpaired) electrons. The zero-order valence-corrected chi connectivity index (χ0v) is 19.3. The van der Waals surface area contributed by atoms with Gasteiger partial charge in [-0.2, -0.15) is 0 Å². The minimum absolute atomic E-state index is 0.0659. The van der Waals surface area contributed by atoms with Gasteiger partial charge in [-0.15, -0.1) is 0 Å². The lowest BCUT2D eigenvalue weighted by Crippen LogP contribution is -2.65. The molecule has 4 heterocycles. The highest BCUT2D eigenvalue weighted by Gasteiger charge is 2.40. The summed E-state index contributed by atoms with van der Waals surface area (Å²) >= 11 is 0. The molecule has 4 amide bonds. The zero-order valence-electron chi connectivity index (χ0n) is 19.3. The molecule has 0 spiro atoms. The van der Waals surface area contributed by atoms with Crippen LogP contribution in [-0.4, -0.2) is 134 Å². The number of piperazine rings is 2. The van der Waals surface area contributed by atoms with E-state index in [4.69, 9.17) is 4.74 Å². The number of rotatable bonds is 0. The monoisotopic (exact) mass is 439 g/mol. The maximum absolute atomic E-state index is 11.8. The molecule has 4 aliphatic heterocycles. The highest BCUT2D eigenvalue weighted by molar-refractivity contribution is 5.95. The van der Waals surface area contributed by atoms with Gasteiger partial charge in [0.2, 0.25) is 23.6 Å². The van der Waals surface area contributed by atoms with E-state index >= 15 is 0 Å². The Hall–Kier alpha value is -2.20. The molecule has 0 bridgehead atoms. The minimum Gasteiger partial charge on any atom is -0.378 e. The number of carbonyl (C=O) groups excluding carboxylic acids is 4. The van der Waals surface area contributed by atoms with Crippen molar-refractivity contribution in [1.82, 2.24) is 24.5 Å². The van der Waals surface area contributed by atoms with Crippen molar-refractivity contribution in [3.8, 4) is 0 Å². The lowest BCUT2D eigenvalue weighted by Gasteiger charge is -2.44. The van der Waals surface area contributed by atoms with Crippen molar-refractivity contribution in [2.24, 2.45) is 0 Å². The number of likely N-dealkylation sites (N-methyl/N-ethyl adjacent to an activating group) is 2.